The predicted octanol–water partition coefficient (Wildman–Crippen LogP) is 2.73. The molecule has 0 spiro atoms. The first-order valence-electron chi connectivity index (χ1n) is 11.5. The highest BCUT2D eigenvalue weighted by Gasteiger charge is 2.26. The number of carboxylic acids is 1. The fraction of sp³-hybridized carbons (Fsp3) is 0.259. The van der Waals surface area contributed by atoms with Crippen molar-refractivity contribution < 1.29 is 29.4 Å². The van der Waals surface area contributed by atoms with Crippen molar-refractivity contribution in [1.29, 1.82) is 0 Å². The largest absolute Gasteiger partial charge is 0.508 e. The van der Waals surface area contributed by atoms with Gasteiger partial charge in [0, 0.05) is 24.2 Å². The van der Waals surface area contributed by atoms with Crippen LogP contribution in [0.25, 0.3) is 4.91 Å². The number of carbonyl (C=O) groups is 4. The van der Waals surface area contributed by atoms with Gasteiger partial charge < -0.3 is 26.6 Å². The lowest BCUT2D eigenvalue weighted by atomic mass is 10.0. The maximum absolute atomic E-state index is 12.9. The number of aromatic hydroxyl groups is 1. The van der Waals surface area contributed by atoms with Gasteiger partial charge >= 0.3 is 5.97 Å². The average Bonchev–Trinajstić information content (AvgIpc) is 2.86. The molecule has 6 N–H and O–H groups in total. The fourth-order valence-corrected chi connectivity index (χ4v) is 3.92. The number of nitrogens with one attached hydrogen (secondary N) is 2. The van der Waals surface area contributed by atoms with Gasteiger partial charge in [-0.05, 0) is 47.1 Å². The zero-order valence-corrected chi connectivity index (χ0v) is 21.1. The number of carboxylic acid groups (broad SMARTS) is 1. The summed E-state index contributed by atoms with van der Waals surface area (Å²) in [7, 11) is 0. The van der Waals surface area contributed by atoms with Crippen LogP contribution in [-0.4, -0.2) is 46.0 Å². The number of thioether (sulfide) groups is 1. The molecule has 0 radical (unpaired) electrons. The van der Waals surface area contributed by atoms with Crippen LogP contribution in [-0.2, 0) is 32.0 Å². The van der Waals surface area contributed by atoms with Gasteiger partial charge in [-0.2, -0.15) is 0 Å². The Kier molecular flexibility index (Phi) is 11.4. The number of phenols is 1. The molecule has 0 heterocycles. The van der Waals surface area contributed by atoms with Crippen molar-refractivity contribution in [3.8, 4) is 5.75 Å². The molecule has 0 saturated heterocycles. The van der Waals surface area contributed by atoms with Crippen molar-refractivity contribution in [1.82, 2.24) is 10.6 Å². The van der Waals surface area contributed by atoms with E-state index in [1.54, 1.807) is 17.5 Å². The molecule has 3 amide bonds. The van der Waals surface area contributed by atoms with Gasteiger partial charge in [-0.1, -0.05) is 61.3 Å². The number of aliphatic carboxylic acids is 1. The molecule has 2 aromatic carbocycles. The van der Waals surface area contributed by atoms with E-state index in [2.05, 4.69) is 23.8 Å². The molecule has 0 unspecified atom stereocenters. The molecule has 0 aliphatic heterocycles. The molecule has 10 heteroatoms. The minimum atomic E-state index is -1.16. The number of phenolic OH excluding ortho intramolecular Hbond substituents is 1. The third kappa shape index (κ3) is 10.2. The van der Waals surface area contributed by atoms with Crippen LogP contribution in [0.4, 0.5) is 0 Å². The summed E-state index contributed by atoms with van der Waals surface area (Å²) in [6, 6.07) is 11.4. The summed E-state index contributed by atoms with van der Waals surface area (Å²) in [4.78, 5) is 49.4. The van der Waals surface area contributed by atoms with Crippen LogP contribution in [0.2, 0.25) is 0 Å². The van der Waals surface area contributed by atoms with E-state index in [9.17, 15) is 24.3 Å². The van der Waals surface area contributed by atoms with E-state index in [1.807, 2.05) is 24.3 Å². The Bertz CT molecular complexity index is 1130. The van der Waals surface area contributed by atoms with Crippen molar-refractivity contribution in [2.45, 2.75) is 44.2 Å². The van der Waals surface area contributed by atoms with E-state index in [0.29, 0.717) is 12.0 Å². The van der Waals surface area contributed by atoms with Crippen LogP contribution in [0.15, 0.2) is 67.1 Å². The molecule has 9 nitrogen and oxygen atoms in total. The van der Waals surface area contributed by atoms with Crippen molar-refractivity contribution in [3.05, 3.63) is 83.8 Å². The van der Waals surface area contributed by atoms with Gasteiger partial charge in [0.05, 0.1) is 0 Å². The fourth-order valence-electron chi connectivity index (χ4n) is 3.45. The second-order valence-electron chi connectivity index (χ2n) is 8.29. The maximum atomic E-state index is 12.9. The first kappa shape index (κ1) is 29.2. The molecule has 0 aliphatic carbocycles. The Hall–Kier alpha value is -4.05. The van der Waals surface area contributed by atoms with Crippen LogP contribution in [0.5, 0.6) is 5.75 Å². The first-order valence-corrected chi connectivity index (χ1v) is 12.4. The summed E-state index contributed by atoms with van der Waals surface area (Å²) in [5.41, 5.74) is 7.94. The van der Waals surface area contributed by atoms with E-state index in [1.165, 1.54) is 23.9 Å². The molecular formula is C27H31N3O6S. The standard InChI is InChI=1S/C27H31N3O6S/c1-3-37-17(2)20-9-4-18(5-10-20)8-14-24(32)29-22(13-15-25(33)34)27(36)30-23(26(28)35)16-19-6-11-21(31)12-7-19/h3-7,9-12,22-23,31H,1-2,8,13-16H2,(H2,28,35)(H,29,32)(H,30,36)(H,33,34)/t22-,23-/m0/s1. The van der Waals surface area contributed by atoms with Crippen molar-refractivity contribution in [2.24, 2.45) is 5.73 Å². The molecule has 196 valence electrons. The topological polar surface area (TPSA) is 159 Å². The number of nitrogens with two attached hydrogens (primary N) is 1. The normalized spacial score (nSPS) is 12.1. The highest BCUT2D eigenvalue weighted by atomic mass is 32.2. The molecule has 0 bridgehead atoms. The van der Waals surface area contributed by atoms with Crippen molar-refractivity contribution >= 4 is 40.4 Å². The van der Waals surface area contributed by atoms with Gasteiger partial charge in [-0.25, -0.2) is 0 Å². The molecule has 2 atom stereocenters. The zero-order valence-electron chi connectivity index (χ0n) is 20.3. The first-order chi connectivity index (χ1) is 17.6. The number of carbonyl (C=O) groups excluding carboxylic acids is 3. The van der Waals surface area contributed by atoms with Gasteiger partial charge in [0.1, 0.15) is 17.8 Å². The molecular weight excluding hydrogens is 494 g/mol. The minimum absolute atomic E-state index is 0.0490. The smallest absolute Gasteiger partial charge is 0.303 e. The average molecular weight is 526 g/mol. The van der Waals surface area contributed by atoms with Crippen molar-refractivity contribution in [3.63, 3.8) is 0 Å². The number of aryl methyl sites for hydroxylation is 1. The molecule has 0 saturated carbocycles. The maximum Gasteiger partial charge on any atom is 0.303 e. The third-order valence-electron chi connectivity index (χ3n) is 5.48. The summed E-state index contributed by atoms with van der Waals surface area (Å²) in [5, 5.41) is 25.3. The Balaban J connectivity index is 2.00. The summed E-state index contributed by atoms with van der Waals surface area (Å²) < 4.78 is 0. The molecule has 0 aliphatic rings. The highest BCUT2D eigenvalue weighted by Crippen LogP contribution is 2.26. The van der Waals surface area contributed by atoms with E-state index >= 15 is 0 Å². The molecule has 2 aromatic rings. The Labute approximate surface area is 219 Å². The summed E-state index contributed by atoms with van der Waals surface area (Å²) in [6.07, 6.45) is 0.0339. The number of amides is 3. The van der Waals surface area contributed by atoms with Gasteiger partial charge in [0.2, 0.25) is 17.7 Å². The van der Waals surface area contributed by atoms with Crippen LogP contribution < -0.4 is 16.4 Å². The lowest BCUT2D eigenvalue weighted by molar-refractivity contribution is -0.138. The van der Waals surface area contributed by atoms with E-state index < -0.39 is 35.8 Å². The van der Waals surface area contributed by atoms with Crippen LogP contribution >= 0.6 is 11.8 Å². The molecule has 37 heavy (non-hydrogen) atoms. The second kappa shape index (κ2) is 14.5. The van der Waals surface area contributed by atoms with Crippen LogP contribution in [0.3, 0.4) is 0 Å². The summed E-state index contributed by atoms with van der Waals surface area (Å²) in [6.45, 7) is 7.63. The summed E-state index contributed by atoms with van der Waals surface area (Å²) in [5.74, 6) is -3.01. The SMILES string of the molecule is C=CSC(=C)c1ccc(CCC(=O)N[C@@H](CCC(=O)O)C(=O)N[C@@H](Cc2ccc(O)cc2)C(N)=O)cc1. The Morgan fingerprint density at radius 3 is 2.14 bits per heavy atom. The highest BCUT2D eigenvalue weighted by molar-refractivity contribution is 8.10. The third-order valence-corrected chi connectivity index (χ3v) is 6.16. The van der Waals surface area contributed by atoms with Crippen molar-refractivity contribution in [2.75, 3.05) is 0 Å². The van der Waals surface area contributed by atoms with E-state index in [-0.39, 0.29) is 31.4 Å². The zero-order chi connectivity index (χ0) is 27.4. The lowest BCUT2D eigenvalue weighted by Gasteiger charge is -2.22. The molecule has 0 fully saturated rings. The minimum Gasteiger partial charge on any atom is -0.508 e. The van der Waals surface area contributed by atoms with Crippen LogP contribution in [0, 0.1) is 0 Å². The summed E-state index contributed by atoms with van der Waals surface area (Å²) >= 11 is 1.42. The van der Waals surface area contributed by atoms with Gasteiger partial charge in [-0.3, -0.25) is 19.2 Å². The van der Waals surface area contributed by atoms with Crippen LogP contribution in [0.1, 0.15) is 36.0 Å². The second-order valence-corrected chi connectivity index (χ2v) is 9.35. The van der Waals surface area contributed by atoms with Gasteiger partial charge in [0.25, 0.3) is 0 Å². The number of primary amides is 1. The Morgan fingerprint density at radius 2 is 1.57 bits per heavy atom. The predicted molar refractivity (Wildman–Crippen MR) is 143 cm³/mol. The Morgan fingerprint density at radius 1 is 0.946 bits per heavy atom. The van der Waals surface area contributed by atoms with E-state index in [4.69, 9.17) is 10.8 Å². The lowest BCUT2D eigenvalue weighted by Crippen LogP contribution is -2.53. The van der Waals surface area contributed by atoms with E-state index in [0.717, 1.165) is 16.0 Å². The number of rotatable bonds is 15. The van der Waals surface area contributed by atoms with Gasteiger partial charge in [-0.15, -0.1) is 0 Å². The molecule has 2 rings (SSSR count). The monoisotopic (exact) mass is 525 g/mol. The number of benzene rings is 2. The van der Waals surface area contributed by atoms with Gasteiger partial charge in [0.15, 0.2) is 0 Å². The number of hydrogen-bond acceptors (Lipinski definition) is 6. The molecule has 0 aromatic heterocycles. The quantitative estimate of drug-likeness (QED) is 0.239. The number of hydrogen-bond donors (Lipinski definition) is 5.